The first-order valence-corrected chi connectivity index (χ1v) is 8.56. The summed E-state index contributed by atoms with van der Waals surface area (Å²) in [5.74, 6) is 1.07. The topological polar surface area (TPSA) is 21.3 Å². The van der Waals surface area contributed by atoms with Crippen LogP contribution in [0.5, 0.6) is 5.75 Å². The van der Waals surface area contributed by atoms with Crippen molar-refractivity contribution in [2.24, 2.45) is 0 Å². The van der Waals surface area contributed by atoms with Crippen molar-refractivity contribution in [2.45, 2.75) is 19.5 Å². The van der Waals surface area contributed by atoms with E-state index in [4.69, 9.17) is 4.74 Å². The van der Waals surface area contributed by atoms with Gasteiger partial charge in [0.15, 0.2) is 0 Å². The van der Waals surface area contributed by atoms with Crippen LogP contribution < -0.4 is 10.1 Å². The molecule has 0 bridgehead atoms. The molecular formula is C14H13Br2NOS. The monoisotopic (exact) mass is 401 g/mol. The zero-order valence-corrected chi connectivity index (χ0v) is 14.2. The number of fused-ring (bicyclic) bond motifs is 1. The molecule has 100 valence electrons. The second kappa shape index (κ2) is 5.95. The first-order valence-electron chi connectivity index (χ1n) is 6.10. The van der Waals surface area contributed by atoms with Gasteiger partial charge in [-0.2, -0.15) is 0 Å². The van der Waals surface area contributed by atoms with Gasteiger partial charge in [-0.05, 0) is 39.7 Å². The fraction of sp³-hybridized carbons (Fsp3) is 0.286. The highest BCUT2D eigenvalue weighted by Crippen LogP contribution is 2.33. The normalized spacial score (nSPS) is 13.4. The van der Waals surface area contributed by atoms with Gasteiger partial charge >= 0.3 is 0 Å². The van der Waals surface area contributed by atoms with Gasteiger partial charge in [-0.3, -0.25) is 0 Å². The number of nitrogens with one attached hydrogen (secondary N) is 1. The molecule has 0 saturated heterocycles. The third-order valence-corrected chi connectivity index (χ3v) is 5.22. The predicted molar refractivity (Wildman–Crippen MR) is 85.9 cm³/mol. The van der Waals surface area contributed by atoms with Crippen molar-refractivity contribution in [1.82, 2.24) is 5.32 Å². The van der Waals surface area contributed by atoms with E-state index >= 15 is 0 Å². The lowest BCUT2D eigenvalue weighted by Crippen LogP contribution is -2.12. The summed E-state index contributed by atoms with van der Waals surface area (Å²) in [7, 11) is 0. The molecule has 1 aromatic heterocycles. The minimum Gasteiger partial charge on any atom is -0.493 e. The van der Waals surface area contributed by atoms with Crippen LogP contribution >= 0.6 is 43.2 Å². The standard InChI is InChI=1S/C14H13Br2NOS/c15-11-3-9-1-2-18-14(9)10(4-11)6-17-7-13-5-12(16)8-19-13/h3-5,8,17H,1-2,6-7H2. The Hall–Kier alpha value is -0.360. The van der Waals surface area contributed by atoms with Crippen LogP contribution in [0.15, 0.2) is 32.5 Å². The lowest BCUT2D eigenvalue weighted by Gasteiger charge is -2.09. The van der Waals surface area contributed by atoms with Crippen LogP contribution in [-0.2, 0) is 19.5 Å². The van der Waals surface area contributed by atoms with Crippen LogP contribution in [-0.4, -0.2) is 6.61 Å². The Labute approximate surface area is 133 Å². The Morgan fingerprint density at radius 3 is 2.84 bits per heavy atom. The van der Waals surface area contributed by atoms with E-state index in [0.717, 1.165) is 40.8 Å². The van der Waals surface area contributed by atoms with E-state index in [0.29, 0.717) is 0 Å². The summed E-state index contributed by atoms with van der Waals surface area (Å²) < 4.78 is 8.01. The van der Waals surface area contributed by atoms with Gasteiger partial charge in [0.2, 0.25) is 0 Å². The van der Waals surface area contributed by atoms with Crippen molar-refractivity contribution in [3.05, 3.63) is 48.5 Å². The molecule has 1 N–H and O–H groups in total. The van der Waals surface area contributed by atoms with E-state index in [9.17, 15) is 0 Å². The fourth-order valence-corrected chi connectivity index (χ4v) is 4.22. The number of hydrogen-bond donors (Lipinski definition) is 1. The molecule has 0 unspecified atom stereocenters. The quantitative estimate of drug-likeness (QED) is 0.812. The maximum atomic E-state index is 5.73. The number of thiophene rings is 1. The minimum absolute atomic E-state index is 0.802. The Balaban J connectivity index is 1.67. The molecule has 3 rings (SSSR count). The zero-order valence-electron chi connectivity index (χ0n) is 10.2. The number of hydrogen-bond acceptors (Lipinski definition) is 3. The zero-order chi connectivity index (χ0) is 13.2. The van der Waals surface area contributed by atoms with Crippen molar-refractivity contribution >= 4 is 43.2 Å². The predicted octanol–water partition coefficient (Wildman–Crippen LogP) is 4.50. The molecule has 19 heavy (non-hydrogen) atoms. The van der Waals surface area contributed by atoms with Crippen molar-refractivity contribution in [3.8, 4) is 5.75 Å². The number of ether oxygens (including phenoxy) is 1. The van der Waals surface area contributed by atoms with Gasteiger partial charge in [0, 0.05) is 44.3 Å². The molecule has 2 nitrogen and oxygen atoms in total. The van der Waals surface area contributed by atoms with E-state index < -0.39 is 0 Å². The minimum atomic E-state index is 0.802. The molecule has 1 aromatic carbocycles. The summed E-state index contributed by atoms with van der Waals surface area (Å²) in [5.41, 5.74) is 2.54. The second-order valence-corrected chi connectivity index (χ2v) is 7.31. The van der Waals surface area contributed by atoms with Crippen LogP contribution in [0.4, 0.5) is 0 Å². The Morgan fingerprint density at radius 2 is 2.05 bits per heavy atom. The molecule has 0 fully saturated rings. The third-order valence-electron chi connectivity index (χ3n) is 3.06. The third kappa shape index (κ3) is 3.21. The van der Waals surface area contributed by atoms with Gasteiger partial charge in [-0.1, -0.05) is 15.9 Å². The van der Waals surface area contributed by atoms with Crippen LogP contribution in [0.1, 0.15) is 16.0 Å². The highest BCUT2D eigenvalue weighted by molar-refractivity contribution is 9.10. The molecular weight excluding hydrogens is 390 g/mol. The maximum Gasteiger partial charge on any atom is 0.127 e. The maximum absolute atomic E-state index is 5.73. The Morgan fingerprint density at radius 1 is 1.16 bits per heavy atom. The van der Waals surface area contributed by atoms with Gasteiger partial charge < -0.3 is 10.1 Å². The van der Waals surface area contributed by atoms with Crippen molar-refractivity contribution in [2.75, 3.05) is 6.61 Å². The molecule has 0 radical (unpaired) electrons. The summed E-state index contributed by atoms with van der Waals surface area (Å²) in [6, 6.07) is 6.45. The van der Waals surface area contributed by atoms with Crippen molar-refractivity contribution in [1.29, 1.82) is 0 Å². The highest BCUT2D eigenvalue weighted by Gasteiger charge is 2.17. The van der Waals surface area contributed by atoms with Gasteiger partial charge in [0.25, 0.3) is 0 Å². The average Bonchev–Trinajstić information content (AvgIpc) is 2.98. The lowest BCUT2D eigenvalue weighted by atomic mass is 10.1. The smallest absolute Gasteiger partial charge is 0.127 e. The van der Waals surface area contributed by atoms with E-state index in [1.807, 2.05) is 0 Å². The van der Waals surface area contributed by atoms with E-state index in [1.165, 1.54) is 16.0 Å². The SMILES string of the molecule is Brc1csc(CNCc2cc(Br)cc3c2OCC3)c1. The first kappa shape index (κ1) is 13.6. The van der Waals surface area contributed by atoms with Crippen molar-refractivity contribution in [3.63, 3.8) is 0 Å². The molecule has 5 heteroatoms. The molecule has 2 heterocycles. The summed E-state index contributed by atoms with van der Waals surface area (Å²) >= 11 is 8.81. The van der Waals surface area contributed by atoms with E-state index in [1.54, 1.807) is 11.3 Å². The van der Waals surface area contributed by atoms with Crippen LogP contribution in [0.25, 0.3) is 0 Å². The molecule has 0 spiro atoms. The van der Waals surface area contributed by atoms with E-state index in [2.05, 4.69) is 60.8 Å². The lowest BCUT2D eigenvalue weighted by molar-refractivity contribution is 0.352. The number of rotatable bonds is 4. The van der Waals surface area contributed by atoms with Gasteiger partial charge in [-0.15, -0.1) is 11.3 Å². The van der Waals surface area contributed by atoms with Crippen LogP contribution in [0, 0.1) is 0 Å². The second-order valence-electron chi connectivity index (χ2n) is 4.49. The summed E-state index contributed by atoms with van der Waals surface area (Å²) in [5, 5.41) is 5.59. The van der Waals surface area contributed by atoms with Crippen molar-refractivity contribution < 1.29 is 4.74 Å². The molecule has 1 aliphatic heterocycles. The average molecular weight is 403 g/mol. The van der Waals surface area contributed by atoms with Crippen LogP contribution in [0.2, 0.25) is 0 Å². The summed E-state index contributed by atoms with van der Waals surface area (Å²) in [6.45, 7) is 2.52. The van der Waals surface area contributed by atoms with Gasteiger partial charge in [0.05, 0.1) is 6.61 Å². The van der Waals surface area contributed by atoms with Gasteiger partial charge in [-0.25, -0.2) is 0 Å². The Bertz CT molecular complexity index is 597. The highest BCUT2D eigenvalue weighted by atomic mass is 79.9. The Kier molecular flexibility index (Phi) is 4.27. The fourth-order valence-electron chi connectivity index (χ4n) is 2.24. The molecule has 2 aromatic rings. The number of benzene rings is 1. The molecule has 0 atom stereocenters. The molecule has 0 saturated carbocycles. The summed E-state index contributed by atoms with van der Waals surface area (Å²) in [4.78, 5) is 1.33. The molecule has 1 aliphatic rings. The summed E-state index contributed by atoms with van der Waals surface area (Å²) in [6.07, 6.45) is 1.01. The first-order chi connectivity index (χ1) is 9.22. The van der Waals surface area contributed by atoms with E-state index in [-0.39, 0.29) is 0 Å². The molecule has 0 amide bonds. The number of halogens is 2. The van der Waals surface area contributed by atoms with Gasteiger partial charge in [0.1, 0.15) is 5.75 Å². The van der Waals surface area contributed by atoms with Crippen LogP contribution in [0.3, 0.4) is 0 Å². The molecule has 0 aliphatic carbocycles. The largest absolute Gasteiger partial charge is 0.493 e.